The van der Waals surface area contributed by atoms with E-state index in [4.69, 9.17) is 0 Å². The SMILES string of the molecule is Cl.Cl.O=C(CCC1CCNCC1)NC1CCN(c2ccccc2)C1. The molecule has 1 aromatic rings. The third-order valence-electron chi connectivity index (χ3n) is 4.91. The fraction of sp³-hybridized carbons (Fsp3) is 0.611. The Balaban J connectivity index is 0.00000144. The van der Waals surface area contributed by atoms with Crippen LogP contribution in [0.4, 0.5) is 5.69 Å². The first-order chi connectivity index (χ1) is 10.8. The Morgan fingerprint density at radius 1 is 1.12 bits per heavy atom. The monoisotopic (exact) mass is 373 g/mol. The van der Waals surface area contributed by atoms with E-state index in [2.05, 4.69) is 39.8 Å². The average molecular weight is 374 g/mol. The lowest BCUT2D eigenvalue weighted by Crippen LogP contribution is -2.37. The molecule has 24 heavy (non-hydrogen) atoms. The molecule has 136 valence electrons. The number of halogens is 2. The number of rotatable bonds is 5. The second-order valence-corrected chi connectivity index (χ2v) is 6.57. The molecule has 1 atom stereocenters. The van der Waals surface area contributed by atoms with Crippen LogP contribution in [0.3, 0.4) is 0 Å². The number of benzene rings is 1. The normalized spacial score (nSPS) is 20.8. The van der Waals surface area contributed by atoms with Crippen LogP contribution in [-0.4, -0.2) is 38.1 Å². The Bertz CT molecular complexity index is 480. The minimum Gasteiger partial charge on any atom is -0.369 e. The number of nitrogens with one attached hydrogen (secondary N) is 2. The topological polar surface area (TPSA) is 44.4 Å². The highest BCUT2D eigenvalue weighted by molar-refractivity contribution is 5.85. The molecule has 2 aliphatic heterocycles. The number of amides is 1. The molecule has 2 heterocycles. The van der Waals surface area contributed by atoms with Crippen LogP contribution in [0, 0.1) is 5.92 Å². The predicted molar refractivity (Wildman–Crippen MR) is 105 cm³/mol. The summed E-state index contributed by atoms with van der Waals surface area (Å²) in [7, 11) is 0. The minimum atomic E-state index is 0. The lowest BCUT2D eigenvalue weighted by Gasteiger charge is -2.22. The van der Waals surface area contributed by atoms with Crippen molar-refractivity contribution in [2.24, 2.45) is 5.92 Å². The van der Waals surface area contributed by atoms with Crippen molar-refractivity contribution < 1.29 is 4.79 Å². The van der Waals surface area contributed by atoms with Gasteiger partial charge in [-0.3, -0.25) is 4.79 Å². The number of hydrogen-bond donors (Lipinski definition) is 2. The second-order valence-electron chi connectivity index (χ2n) is 6.57. The molecule has 0 spiro atoms. The zero-order valence-electron chi connectivity index (χ0n) is 14.1. The maximum Gasteiger partial charge on any atom is 0.220 e. The molecule has 2 saturated heterocycles. The first kappa shape index (κ1) is 21.1. The van der Waals surface area contributed by atoms with Crippen molar-refractivity contribution in [1.82, 2.24) is 10.6 Å². The van der Waals surface area contributed by atoms with Gasteiger partial charge in [0.2, 0.25) is 5.91 Å². The summed E-state index contributed by atoms with van der Waals surface area (Å²) in [6.07, 6.45) is 5.22. The number of carbonyl (C=O) groups is 1. The standard InChI is InChI=1S/C18H27N3O.2ClH/c22-18(7-6-15-8-11-19-12-9-15)20-16-10-13-21(14-16)17-4-2-1-3-5-17;;/h1-5,15-16,19H,6-14H2,(H,20,22);2*1H. The first-order valence-corrected chi connectivity index (χ1v) is 8.61. The van der Waals surface area contributed by atoms with Crippen LogP contribution in [0.25, 0.3) is 0 Å². The molecule has 1 aromatic carbocycles. The van der Waals surface area contributed by atoms with E-state index in [1.165, 1.54) is 18.5 Å². The van der Waals surface area contributed by atoms with E-state index in [9.17, 15) is 4.79 Å². The molecule has 0 saturated carbocycles. The highest BCUT2D eigenvalue weighted by atomic mass is 35.5. The van der Waals surface area contributed by atoms with E-state index in [1.807, 2.05) is 6.07 Å². The maximum atomic E-state index is 12.1. The zero-order valence-corrected chi connectivity index (χ0v) is 15.7. The predicted octanol–water partition coefficient (Wildman–Crippen LogP) is 3.00. The number of nitrogens with zero attached hydrogens (tertiary/aromatic N) is 1. The third kappa shape index (κ3) is 6.15. The molecule has 6 heteroatoms. The van der Waals surface area contributed by atoms with Crippen LogP contribution in [-0.2, 0) is 4.79 Å². The van der Waals surface area contributed by atoms with Crippen LogP contribution in [0.1, 0.15) is 32.1 Å². The molecule has 2 fully saturated rings. The second kappa shape index (κ2) is 10.8. The van der Waals surface area contributed by atoms with Crippen molar-refractivity contribution in [3.63, 3.8) is 0 Å². The van der Waals surface area contributed by atoms with Gasteiger partial charge < -0.3 is 15.5 Å². The summed E-state index contributed by atoms with van der Waals surface area (Å²) >= 11 is 0. The van der Waals surface area contributed by atoms with Crippen molar-refractivity contribution in [3.05, 3.63) is 30.3 Å². The number of piperidine rings is 1. The molecule has 0 bridgehead atoms. The minimum absolute atomic E-state index is 0. The molecule has 2 aliphatic rings. The van der Waals surface area contributed by atoms with E-state index in [0.29, 0.717) is 12.5 Å². The van der Waals surface area contributed by atoms with Crippen molar-refractivity contribution in [1.29, 1.82) is 0 Å². The van der Waals surface area contributed by atoms with E-state index in [0.717, 1.165) is 44.9 Å². The van der Waals surface area contributed by atoms with Gasteiger partial charge in [0.05, 0.1) is 0 Å². The van der Waals surface area contributed by atoms with E-state index in [-0.39, 0.29) is 30.7 Å². The quantitative estimate of drug-likeness (QED) is 0.833. The van der Waals surface area contributed by atoms with Gasteiger partial charge in [-0.1, -0.05) is 18.2 Å². The summed E-state index contributed by atoms with van der Waals surface area (Å²) in [5, 5.41) is 6.60. The van der Waals surface area contributed by atoms with Gasteiger partial charge >= 0.3 is 0 Å². The Labute approximate surface area is 157 Å². The molecular weight excluding hydrogens is 345 g/mol. The molecular formula is C18H29Cl2N3O. The molecule has 3 rings (SSSR count). The van der Waals surface area contributed by atoms with Crippen molar-refractivity contribution in [2.75, 3.05) is 31.1 Å². The van der Waals surface area contributed by atoms with Gasteiger partial charge in [-0.25, -0.2) is 0 Å². The fourth-order valence-corrected chi connectivity index (χ4v) is 3.56. The van der Waals surface area contributed by atoms with Gasteiger partial charge in [0.15, 0.2) is 0 Å². The van der Waals surface area contributed by atoms with Gasteiger partial charge in [0.1, 0.15) is 0 Å². The fourth-order valence-electron chi connectivity index (χ4n) is 3.56. The summed E-state index contributed by atoms with van der Waals surface area (Å²) in [6, 6.07) is 10.8. The Hall–Kier alpha value is -0.970. The van der Waals surface area contributed by atoms with E-state index < -0.39 is 0 Å². The molecule has 1 amide bonds. The van der Waals surface area contributed by atoms with E-state index >= 15 is 0 Å². The Kier molecular flexibility index (Phi) is 9.49. The van der Waals surface area contributed by atoms with Gasteiger partial charge in [-0.05, 0) is 56.8 Å². The zero-order chi connectivity index (χ0) is 15.2. The highest BCUT2D eigenvalue weighted by Gasteiger charge is 2.24. The van der Waals surface area contributed by atoms with Crippen molar-refractivity contribution >= 4 is 36.4 Å². The van der Waals surface area contributed by atoms with Gasteiger partial charge in [-0.15, -0.1) is 24.8 Å². The van der Waals surface area contributed by atoms with Gasteiger partial charge in [-0.2, -0.15) is 0 Å². The molecule has 1 unspecified atom stereocenters. The summed E-state index contributed by atoms with van der Waals surface area (Å²) < 4.78 is 0. The molecule has 0 aliphatic carbocycles. The Morgan fingerprint density at radius 3 is 2.54 bits per heavy atom. The van der Waals surface area contributed by atoms with Crippen molar-refractivity contribution in [2.45, 2.75) is 38.1 Å². The average Bonchev–Trinajstić information content (AvgIpc) is 3.03. The summed E-state index contributed by atoms with van der Waals surface area (Å²) in [4.78, 5) is 14.5. The summed E-state index contributed by atoms with van der Waals surface area (Å²) in [5.74, 6) is 0.967. The number of carbonyl (C=O) groups excluding carboxylic acids is 1. The van der Waals surface area contributed by atoms with Crippen LogP contribution in [0.15, 0.2) is 30.3 Å². The molecule has 2 N–H and O–H groups in total. The molecule has 0 radical (unpaired) electrons. The van der Waals surface area contributed by atoms with Gasteiger partial charge in [0, 0.05) is 31.2 Å². The van der Waals surface area contributed by atoms with Crippen LogP contribution in [0.5, 0.6) is 0 Å². The Morgan fingerprint density at radius 2 is 1.83 bits per heavy atom. The lowest BCUT2D eigenvalue weighted by molar-refractivity contribution is -0.122. The smallest absolute Gasteiger partial charge is 0.220 e. The first-order valence-electron chi connectivity index (χ1n) is 8.61. The molecule has 0 aromatic heterocycles. The van der Waals surface area contributed by atoms with E-state index in [1.54, 1.807) is 0 Å². The third-order valence-corrected chi connectivity index (χ3v) is 4.91. The summed E-state index contributed by atoms with van der Waals surface area (Å²) in [6.45, 7) is 4.19. The van der Waals surface area contributed by atoms with Gasteiger partial charge in [0.25, 0.3) is 0 Å². The number of anilines is 1. The molecule has 4 nitrogen and oxygen atoms in total. The highest BCUT2D eigenvalue weighted by Crippen LogP contribution is 2.20. The van der Waals surface area contributed by atoms with Crippen molar-refractivity contribution in [3.8, 4) is 0 Å². The van der Waals surface area contributed by atoms with Crippen LogP contribution in [0.2, 0.25) is 0 Å². The van der Waals surface area contributed by atoms with Crippen LogP contribution >= 0.6 is 24.8 Å². The summed E-state index contributed by atoms with van der Waals surface area (Å²) in [5.41, 5.74) is 1.26. The lowest BCUT2D eigenvalue weighted by atomic mass is 9.93. The number of para-hydroxylation sites is 1. The van der Waals surface area contributed by atoms with Crippen LogP contribution < -0.4 is 15.5 Å². The number of hydrogen-bond acceptors (Lipinski definition) is 3. The largest absolute Gasteiger partial charge is 0.369 e. The maximum absolute atomic E-state index is 12.1.